The van der Waals surface area contributed by atoms with Gasteiger partial charge in [-0.2, -0.15) is 5.10 Å². The molecule has 0 radical (unpaired) electrons. The Kier molecular flexibility index (Phi) is 3.41. The Hall–Kier alpha value is -2.17. The number of pyridine rings is 1. The molecule has 2 heterocycles. The summed E-state index contributed by atoms with van der Waals surface area (Å²) in [5.41, 5.74) is 2.90. The lowest BCUT2D eigenvalue weighted by Crippen LogP contribution is -2.05. The molecule has 0 spiro atoms. The van der Waals surface area contributed by atoms with Crippen LogP contribution in [-0.4, -0.2) is 27.8 Å². The van der Waals surface area contributed by atoms with Gasteiger partial charge in [0.05, 0.1) is 24.1 Å². The normalized spacial score (nSPS) is 10.4. The second-order valence-electron chi connectivity index (χ2n) is 3.91. The Labute approximate surface area is 105 Å². The molecule has 2 aromatic rings. The van der Waals surface area contributed by atoms with E-state index in [4.69, 9.17) is 4.74 Å². The molecule has 94 valence electrons. The van der Waals surface area contributed by atoms with Gasteiger partial charge in [0.15, 0.2) is 0 Å². The first-order valence-electron chi connectivity index (χ1n) is 5.75. The summed E-state index contributed by atoms with van der Waals surface area (Å²) in [4.78, 5) is 16.0. The summed E-state index contributed by atoms with van der Waals surface area (Å²) in [5.74, 6) is -0.357. The topological polar surface area (TPSA) is 57.0 Å². The summed E-state index contributed by atoms with van der Waals surface area (Å²) in [5, 5.41) is 4.20. The van der Waals surface area contributed by atoms with Gasteiger partial charge in [0.25, 0.3) is 0 Å². The van der Waals surface area contributed by atoms with Gasteiger partial charge in [0.2, 0.25) is 0 Å². The molecule has 0 aliphatic heterocycles. The van der Waals surface area contributed by atoms with Crippen LogP contribution in [0.3, 0.4) is 0 Å². The maximum absolute atomic E-state index is 11.6. The molecular formula is C13H15N3O2. The van der Waals surface area contributed by atoms with Crippen LogP contribution in [-0.2, 0) is 11.3 Å². The smallest absolute Gasteiger partial charge is 0.337 e. The molecular weight excluding hydrogens is 230 g/mol. The van der Waals surface area contributed by atoms with E-state index in [0.29, 0.717) is 5.56 Å². The fraction of sp³-hybridized carbons (Fsp3) is 0.308. The molecule has 5 nitrogen and oxygen atoms in total. The van der Waals surface area contributed by atoms with E-state index >= 15 is 0 Å². The number of carbonyl (C=O) groups is 1. The molecule has 0 fully saturated rings. The van der Waals surface area contributed by atoms with E-state index in [9.17, 15) is 4.79 Å². The molecule has 0 atom stereocenters. The number of hydrogen-bond acceptors (Lipinski definition) is 4. The summed E-state index contributed by atoms with van der Waals surface area (Å²) in [6.45, 7) is 4.61. The number of aromatic nitrogens is 3. The lowest BCUT2D eigenvalue weighted by molar-refractivity contribution is 0.0600. The van der Waals surface area contributed by atoms with Crippen molar-refractivity contribution in [3.05, 3.63) is 35.7 Å². The van der Waals surface area contributed by atoms with E-state index in [-0.39, 0.29) is 5.97 Å². The van der Waals surface area contributed by atoms with Crippen molar-refractivity contribution in [1.29, 1.82) is 0 Å². The van der Waals surface area contributed by atoms with Gasteiger partial charge in [-0.15, -0.1) is 0 Å². The van der Waals surface area contributed by atoms with Crippen molar-refractivity contribution in [3.63, 3.8) is 0 Å². The summed E-state index contributed by atoms with van der Waals surface area (Å²) >= 11 is 0. The molecule has 0 bridgehead atoms. The second-order valence-corrected chi connectivity index (χ2v) is 3.91. The highest BCUT2D eigenvalue weighted by Crippen LogP contribution is 2.19. The lowest BCUT2D eigenvalue weighted by atomic mass is 10.1. The Balaban J connectivity index is 2.51. The minimum atomic E-state index is -0.357. The van der Waals surface area contributed by atoms with Gasteiger partial charge >= 0.3 is 5.97 Å². The number of esters is 1. The van der Waals surface area contributed by atoms with Crippen molar-refractivity contribution in [2.75, 3.05) is 7.11 Å². The molecule has 0 unspecified atom stereocenters. The molecule has 2 rings (SSSR count). The zero-order valence-electron chi connectivity index (χ0n) is 10.7. The predicted molar refractivity (Wildman–Crippen MR) is 67.2 cm³/mol. The predicted octanol–water partition coefficient (Wildman–Crippen LogP) is 2.06. The van der Waals surface area contributed by atoms with Crippen LogP contribution in [0.4, 0.5) is 0 Å². The molecule has 0 aliphatic rings. The number of methoxy groups -OCH3 is 1. The van der Waals surface area contributed by atoms with E-state index in [1.165, 1.54) is 7.11 Å². The molecule has 2 aromatic heterocycles. The summed E-state index contributed by atoms with van der Waals surface area (Å²) in [6, 6.07) is 5.32. The number of rotatable bonds is 3. The maximum Gasteiger partial charge on any atom is 0.337 e. The van der Waals surface area contributed by atoms with E-state index < -0.39 is 0 Å². The van der Waals surface area contributed by atoms with Crippen LogP contribution in [0.15, 0.2) is 24.4 Å². The fourth-order valence-corrected chi connectivity index (χ4v) is 1.84. The first-order valence-corrected chi connectivity index (χ1v) is 5.75. The van der Waals surface area contributed by atoms with Gasteiger partial charge in [-0.3, -0.25) is 9.67 Å². The quantitative estimate of drug-likeness (QED) is 0.777. The number of carbonyl (C=O) groups excluding carboxylic acids is 1. The highest BCUT2D eigenvalue weighted by molar-refractivity contribution is 5.90. The maximum atomic E-state index is 11.6. The van der Waals surface area contributed by atoms with Crippen LogP contribution in [0.25, 0.3) is 11.4 Å². The SMILES string of the molecule is CCn1nccc1-c1cc(C(=O)OC)cc(C)n1. The average Bonchev–Trinajstić information content (AvgIpc) is 2.85. The third-order valence-corrected chi connectivity index (χ3v) is 2.65. The first-order chi connectivity index (χ1) is 8.65. The van der Waals surface area contributed by atoms with Gasteiger partial charge in [-0.1, -0.05) is 0 Å². The summed E-state index contributed by atoms with van der Waals surface area (Å²) < 4.78 is 6.57. The number of aryl methyl sites for hydroxylation is 2. The molecule has 5 heteroatoms. The highest BCUT2D eigenvalue weighted by Gasteiger charge is 2.12. The number of hydrogen-bond donors (Lipinski definition) is 0. The largest absolute Gasteiger partial charge is 0.465 e. The van der Waals surface area contributed by atoms with E-state index in [1.807, 2.05) is 24.6 Å². The Bertz CT molecular complexity index is 575. The molecule has 0 saturated carbocycles. The Morgan fingerprint density at radius 2 is 2.22 bits per heavy atom. The zero-order chi connectivity index (χ0) is 13.1. The fourth-order valence-electron chi connectivity index (χ4n) is 1.84. The molecule has 0 N–H and O–H groups in total. The highest BCUT2D eigenvalue weighted by atomic mass is 16.5. The molecule has 0 amide bonds. The van der Waals surface area contributed by atoms with E-state index in [2.05, 4.69) is 10.1 Å². The summed E-state index contributed by atoms with van der Waals surface area (Å²) in [6.07, 6.45) is 1.72. The van der Waals surface area contributed by atoms with Crippen molar-refractivity contribution < 1.29 is 9.53 Å². The summed E-state index contributed by atoms with van der Waals surface area (Å²) in [7, 11) is 1.37. The minimum Gasteiger partial charge on any atom is -0.465 e. The van der Waals surface area contributed by atoms with E-state index in [1.54, 1.807) is 18.3 Å². The van der Waals surface area contributed by atoms with Crippen LogP contribution in [0, 0.1) is 6.92 Å². The monoisotopic (exact) mass is 245 g/mol. The van der Waals surface area contributed by atoms with E-state index in [0.717, 1.165) is 23.6 Å². The van der Waals surface area contributed by atoms with Gasteiger partial charge in [-0.05, 0) is 32.0 Å². The third kappa shape index (κ3) is 2.25. The van der Waals surface area contributed by atoms with Crippen molar-refractivity contribution >= 4 is 5.97 Å². The van der Waals surface area contributed by atoms with Gasteiger partial charge < -0.3 is 4.74 Å². The van der Waals surface area contributed by atoms with Crippen LogP contribution >= 0.6 is 0 Å². The van der Waals surface area contributed by atoms with Crippen molar-refractivity contribution in [2.24, 2.45) is 0 Å². The second kappa shape index (κ2) is 5.00. The lowest BCUT2D eigenvalue weighted by Gasteiger charge is -2.07. The number of nitrogens with zero attached hydrogens (tertiary/aromatic N) is 3. The first kappa shape index (κ1) is 12.3. The molecule has 18 heavy (non-hydrogen) atoms. The van der Waals surface area contributed by atoms with Gasteiger partial charge in [0, 0.05) is 18.4 Å². The zero-order valence-corrected chi connectivity index (χ0v) is 10.7. The van der Waals surface area contributed by atoms with Crippen molar-refractivity contribution in [2.45, 2.75) is 20.4 Å². The molecule has 0 aliphatic carbocycles. The van der Waals surface area contributed by atoms with Gasteiger partial charge in [0.1, 0.15) is 0 Å². The van der Waals surface area contributed by atoms with Crippen LogP contribution in [0.1, 0.15) is 23.0 Å². The third-order valence-electron chi connectivity index (χ3n) is 2.65. The van der Waals surface area contributed by atoms with Gasteiger partial charge in [-0.25, -0.2) is 4.79 Å². The van der Waals surface area contributed by atoms with Crippen LogP contribution in [0.5, 0.6) is 0 Å². The Morgan fingerprint density at radius 3 is 2.89 bits per heavy atom. The van der Waals surface area contributed by atoms with Crippen LogP contribution < -0.4 is 0 Å². The molecule has 0 saturated heterocycles. The Morgan fingerprint density at radius 1 is 1.44 bits per heavy atom. The average molecular weight is 245 g/mol. The minimum absolute atomic E-state index is 0.357. The van der Waals surface area contributed by atoms with Crippen molar-refractivity contribution in [1.82, 2.24) is 14.8 Å². The van der Waals surface area contributed by atoms with Crippen molar-refractivity contribution in [3.8, 4) is 11.4 Å². The number of ether oxygens (including phenoxy) is 1. The molecule has 0 aromatic carbocycles. The standard InChI is InChI=1S/C13H15N3O2/c1-4-16-12(5-6-14-16)11-8-10(13(17)18-3)7-9(2)15-11/h5-8H,4H2,1-3H3. The van der Waals surface area contributed by atoms with Crippen LogP contribution in [0.2, 0.25) is 0 Å².